The highest BCUT2D eigenvalue weighted by Gasteiger charge is 2.09. The van der Waals surface area contributed by atoms with Crippen LogP contribution in [0.25, 0.3) is 0 Å². The Labute approximate surface area is 118 Å². The number of hydrogen-bond donors (Lipinski definition) is 1. The number of carbonyl (C=O) groups is 1. The van der Waals surface area contributed by atoms with Crippen molar-refractivity contribution in [2.24, 2.45) is 0 Å². The summed E-state index contributed by atoms with van der Waals surface area (Å²) in [4.78, 5) is 11.4. The molecule has 0 aliphatic rings. The topological polar surface area (TPSA) is 71.4 Å². The molecule has 0 radical (unpaired) electrons. The van der Waals surface area contributed by atoms with Gasteiger partial charge in [0.15, 0.2) is 5.57 Å². The lowest BCUT2D eigenvalue weighted by Gasteiger charge is -2.10. The van der Waals surface area contributed by atoms with Crippen molar-refractivity contribution in [2.75, 3.05) is 11.9 Å². The fourth-order valence-electron chi connectivity index (χ4n) is 1.43. The molecule has 0 bridgehead atoms. The Kier molecular flexibility index (Phi) is 6.11. The molecule has 1 rings (SSSR count). The van der Waals surface area contributed by atoms with Gasteiger partial charge in [0.25, 0.3) is 0 Å². The Balaban J connectivity index is 2.77. The van der Waals surface area contributed by atoms with Crippen LogP contribution in [0.2, 0.25) is 0 Å². The largest absolute Gasteiger partial charge is 0.491 e. The van der Waals surface area contributed by atoms with E-state index >= 15 is 0 Å². The number of carbonyl (C=O) groups excluding carboxylic acids is 1. The Morgan fingerprint density at radius 1 is 1.50 bits per heavy atom. The second kappa shape index (κ2) is 7.85. The summed E-state index contributed by atoms with van der Waals surface area (Å²) in [5.41, 5.74) is 0.641. The van der Waals surface area contributed by atoms with E-state index in [4.69, 9.17) is 14.7 Å². The molecule has 5 nitrogen and oxygen atoms in total. The summed E-state index contributed by atoms with van der Waals surface area (Å²) in [5, 5.41) is 11.8. The minimum absolute atomic E-state index is 0.0787. The highest BCUT2D eigenvalue weighted by atomic mass is 16.5. The summed E-state index contributed by atoms with van der Waals surface area (Å²) in [7, 11) is 0. The molecule has 0 amide bonds. The Morgan fingerprint density at radius 2 is 2.25 bits per heavy atom. The van der Waals surface area contributed by atoms with Gasteiger partial charge in [0.05, 0.1) is 12.7 Å². The first kappa shape index (κ1) is 15.6. The van der Waals surface area contributed by atoms with E-state index in [0.29, 0.717) is 5.75 Å². The molecule has 0 spiro atoms. The van der Waals surface area contributed by atoms with Crippen LogP contribution < -0.4 is 10.1 Å². The molecule has 0 atom stereocenters. The highest BCUT2D eigenvalue weighted by molar-refractivity contribution is 5.93. The third-order valence-corrected chi connectivity index (χ3v) is 2.20. The van der Waals surface area contributed by atoms with Gasteiger partial charge in [0, 0.05) is 18.0 Å². The van der Waals surface area contributed by atoms with Gasteiger partial charge >= 0.3 is 5.97 Å². The number of rotatable bonds is 6. The predicted molar refractivity (Wildman–Crippen MR) is 76.2 cm³/mol. The minimum atomic E-state index is -0.642. The average molecular weight is 274 g/mol. The molecule has 0 saturated heterocycles. The van der Waals surface area contributed by atoms with Gasteiger partial charge in [-0.25, -0.2) is 4.79 Å². The maximum absolute atomic E-state index is 11.4. The molecule has 1 aromatic rings. The van der Waals surface area contributed by atoms with Crippen LogP contribution in [-0.4, -0.2) is 18.7 Å². The Morgan fingerprint density at radius 3 is 2.85 bits per heavy atom. The quantitative estimate of drug-likeness (QED) is 0.490. The van der Waals surface area contributed by atoms with Crippen LogP contribution in [0.1, 0.15) is 20.8 Å². The zero-order valence-corrected chi connectivity index (χ0v) is 11.8. The van der Waals surface area contributed by atoms with E-state index in [2.05, 4.69) is 5.32 Å². The van der Waals surface area contributed by atoms with Crippen LogP contribution in [0.15, 0.2) is 36.0 Å². The smallest absolute Gasteiger partial charge is 0.350 e. The van der Waals surface area contributed by atoms with Crippen LogP contribution in [-0.2, 0) is 9.53 Å². The molecule has 0 saturated carbocycles. The van der Waals surface area contributed by atoms with Gasteiger partial charge in [0.2, 0.25) is 0 Å². The number of nitrogens with one attached hydrogen (secondary N) is 1. The van der Waals surface area contributed by atoms with Crippen molar-refractivity contribution in [3.8, 4) is 11.8 Å². The van der Waals surface area contributed by atoms with E-state index in [1.807, 2.05) is 32.0 Å². The van der Waals surface area contributed by atoms with Crippen molar-refractivity contribution in [2.45, 2.75) is 26.9 Å². The summed E-state index contributed by atoms with van der Waals surface area (Å²) < 4.78 is 10.3. The maximum atomic E-state index is 11.4. The first-order valence-corrected chi connectivity index (χ1v) is 6.37. The van der Waals surface area contributed by atoms with Crippen LogP contribution in [0.5, 0.6) is 5.75 Å². The van der Waals surface area contributed by atoms with Gasteiger partial charge in [-0.3, -0.25) is 0 Å². The van der Waals surface area contributed by atoms with E-state index in [0.717, 1.165) is 5.69 Å². The fourth-order valence-corrected chi connectivity index (χ4v) is 1.43. The highest BCUT2D eigenvalue weighted by Crippen LogP contribution is 2.18. The number of nitriles is 1. The van der Waals surface area contributed by atoms with Crippen molar-refractivity contribution < 1.29 is 14.3 Å². The van der Waals surface area contributed by atoms with E-state index in [-0.39, 0.29) is 18.3 Å². The van der Waals surface area contributed by atoms with Crippen LogP contribution >= 0.6 is 0 Å². The number of ether oxygens (including phenoxy) is 2. The van der Waals surface area contributed by atoms with Gasteiger partial charge in [-0.15, -0.1) is 0 Å². The van der Waals surface area contributed by atoms with Crippen molar-refractivity contribution in [3.05, 3.63) is 36.0 Å². The number of hydrogen-bond acceptors (Lipinski definition) is 5. The van der Waals surface area contributed by atoms with Gasteiger partial charge in [-0.1, -0.05) is 6.07 Å². The second-order valence-electron chi connectivity index (χ2n) is 4.23. The van der Waals surface area contributed by atoms with Crippen LogP contribution in [0.3, 0.4) is 0 Å². The molecule has 5 heteroatoms. The maximum Gasteiger partial charge on any atom is 0.350 e. The molecule has 20 heavy (non-hydrogen) atoms. The van der Waals surface area contributed by atoms with E-state index in [1.54, 1.807) is 19.1 Å². The molecule has 0 aromatic heterocycles. The normalized spacial score (nSPS) is 10.8. The van der Waals surface area contributed by atoms with Crippen molar-refractivity contribution in [1.82, 2.24) is 0 Å². The lowest BCUT2D eigenvalue weighted by atomic mass is 10.3. The molecular formula is C15H18N2O3. The molecule has 0 aliphatic carbocycles. The zero-order valence-electron chi connectivity index (χ0n) is 11.8. The van der Waals surface area contributed by atoms with E-state index in [9.17, 15) is 4.79 Å². The molecule has 1 N–H and O–H groups in total. The lowest BCUT2D eigenvalue weighted by molar-refractivity contribution is -0.138. The number of anilines is 1. The van der Waals surface area contributed by atoms with Crippen LogP contribution in [0.4, 0.5) is 5.69 Å². The molecule has 0 aliphatic heterocycles. The van der Waals surface area contributed by atoms with Gasteiger partial charge in [0.1, 0.15) is 11.8 Å². The number of esters is 1. The average Bonchev–Trinajstić information content (AvgIpc) is 2.39. The second-order valence-corrected chi connectivity index (χ2v) is 4.23. The van der Waals surface area contributed by atoms with Gasteiger partial charge < -0.3 is 14.8 Å². The zero-order chi connectivity index (χ0) is 15.0. The summed E-state index contributed by atoms with van der Waals surface area (Å²) >= 11 is 0. The SMILES string of the molecule is CCOC(=O)/C(C#N)=C/Nc1cccc(OC(C)C)c1. The van der Waals surface area contributed by atoms with E-state index in [1.165, 1.54) is 6.20 Å². The van der Waals surface area contributed by atoms with Crippen molar-refractivity contribution in [3.63, 3.8) is 0 Å². The molecule has 106 valence electrons. The first-order valence-electron chi connectivity index (χ1n) is 6.37. The standard InChI is InChI=1S/C15H18N2O3/c1-4-19-15(18)12(9-16)10-17-13-6-5-7-14(8-13)20-11(2)3/h5-8,10-11,17H,4H2,1-3H3/b12-10+. The van der Waals surface area contributed by atoms with Gasteiger partial charge in [-0.05, 0) is 32.9 Å². The number of benzene rings is 1. The fraction of sp³-hybridized carbons (Fsp3) is 0.333. The Bertz CT molecular complexity index is 530. The molecule has 0 heterocycles. The number of nitrogens with zero attached hydrogens (tertiary/aromatic N) is 1. The minimum Gasteiger partial charge on any atom is -0.491 e. The first-order chi connectivity index (χ1) is 9.56. The van der Waals surface area contributed by atoms with E-state index < -0.39 is 5.97 Å². The molecule has 0 unspecified atom stereocenters. The molecule has 0 fully saturated rings. The van der Waals surface area contributed by atoms with Crippen molar-refractivity contribution in [1.29, 1.82) is 5.26 Å². The third-order valence-electron chi connectivity index (χ3n) is 2.20. The third kappa shape index (κ3) is 5.02. The van der Waals surface area contributed by atoms with Crippen molar-refractivity contribution >= 4 is 11.7 Å². The monoisotopic (exact) mass is 274 g/mol. The lowest BCUT2D eigenvalue weighted by Crippen LogP contribution is -2.08. The molecular weight excluding hydrogens is 256 g/mol. The summed E-state index contributed by atoms with van der Waals surface area (Å²) in [6.07, 6.45) is 1.40. The van der Waals surface area contributed by atoms with Crippen LogP contribution in [0, 0.1) is 11.3 Å². The molecule has 1 aromatic carbocycles. The summed E-state index contributed by atoms with van der Waals surface area (Å²) in [6, 6.07) is 9.06. The summed E-state index contributed by atoms with van der Waals surface area (Å²) in [5.74, 6) is 0.0742. The van der Waals surface area contributed by atoms with Gasteiger partial charge in [-0.2, -0.15) is 5.26 Å². The Hall–Kier alpha value is -2.48. The summed E-state index contributed by atoms with van der Waals surface area (Å²) in [6.45, 7) is 5.80. The predicted octanol–water partition coefficient (Wildman–Crippen LogP) is 2.86.